The van der Waals surface area contributed by atoms with Crippen LogP contribution in [0.5, 0.6) is 5.75 Å². The highest BCUT2D eigenvalue weighted by Crippen LogP contribution is 2.34. The molecule has 0 saturated heterocycles. The van der Waals surface area contributed by atoms with E-state index in [1.165, 1.54) is 6.21 Å². The van der Waals surface area contributed by atoms with Gasteiger partial charge in [-0.25, -0.2) is 10.2 Å². The van der Waals surface area contributed by atoms with E-state index in [2.05, 4.69) is 70.0 Å². The number of hydrazone groups is 1. The fourth-order valence-electron chi connectivity index (χ4n) is 4.08. The Bertz CT molecular complexity index is 1730. The number of H-pyrrole nitrogens is 1. The summed E-state index contributed by atoms with van der Waals surface area (Å²) in [5.74, 6) is -0.618. The normalized spacial score (nSPS) is 11.2. The van der Waals surface area contributed by atoms with Gasteiger partial charge in [0.15, 0.2) is 5.75 Å². The molecule has 0 aliphatic rings. The van der Waals surface area contributed by atoms with Crippen molar-refractivity contribution in [2.45, 2.75) is 6.92 Å². The first-order valence-electron chi connectivity index (χ1n) is 11.8. The predicted molar refractivity (Wildman–Crippen MR) is 169 cm³/mol. The molecule has 0 fully saturated rings. The molecule has 6 nitrogen and oxygen atoms in total. The third-order valence-corrected chi connectivity index (χ3v) is 7.66. The van der Waals surface area contributed by atoms with Gasteiger partial charge in [0.05, 0.1) is 16.3 Å². The first-order valence-corrected chi connectivity index (χ1v) is 14.4. The van der Waals surface area contributed by atoms with E-state index >= 15 is 0 Å². The molecule has 194 valence electrons. The van der Waals surface area contributed by atoms with E-state index in [1.807, 2.05) is 67.6 Å². The summed E-state index contributed by atoms with van der Waals surface area (Å²) in [6.45, 7) is 1.95. The average Bonchev–Trinajstić information content (AvgIpc) is 3.30. The molecule has 1 aromatic heterocycles. The number of benzene rings is 4. The number of hydrogen-bond acceptors (Lipinski definition) is 4. The number of carbonyl (C=O) groups is 2. The van der Waals surface area contributed by atoms with Crippen LogP contribution in [0.15, 0.2) is 99.0 Å². The Morgan fingerprint density at radius 1 is 0.974 bits per heavy atom. The Labute approximate surface area is 255 Å². The van der Waals surface area contributed by atoms with Crippen molar-refractivity contribution >= 4 is 83.4 Å². The number of nitrogens with one attached hydrogen (secondary N) is 2. The molecule has 0 radical (unpaired) electrons. The van der Waals surface area contributed by atoms with Gasteiger partial charge in [0.2, 0.25) is 0 Å². The van der Waals surface area contributed by atoms with Gasteiger partial charge < -0.3 is 9.72 Å². The van der Waals surface area contributed by atoms with Crippen molar-refractivity contribution in [1.29, 1.82) is 0 Å². The lowest BCUT2D eigenvalue weighted by Gasteiger charge is -2.11. The Balaban J connectivity index is 1.43. The van der Waals surface area contributed by atoms with Crippen LogP contribution in [0.25, 0.3) is 22.0 Å². The maximum atomic E-state index is 13.3. The monoisotopic (exact) mass is 755 g/mol. The largest absolute Gasteiger partial charge is 0.421 e. The van der Waals surface area contributed by atoms with E-state index in [0.29, 0.717) is 21.3 Å². The molecule has 0 aliphatic heterocycles. The van der Waals surface area contributed by atoms with Crippen LogP contribution in [0, 0.1) is 10.5 Å². The van der Waals surface area contributed by atoms with E-state index in [4.69, 9.17) is 4.74 Å². The van der Waals surface area contributed by atoms with Crippen LogP contribution in [0.1, 0.15) is 32.0 Å². The van der Waals surface area contributed by atoms with Crippen molar-refractivity contribution in [3.8, 4) is 16.9 Å². The minimum Gasteiger partial charge on any atom is -0.421 e. The summed E-state index contributed by atoms with van der Waals surface area (Å²) in [6, 6.07) is 26.4. The van der Waals surface area contributed by atoms with Crippen molar-refractivity contribution in [3.63, 3.8) is 0 Å². The molecule has 0 saturated carbocycles. The number of carbonyl (C=O) groups excluding carboxylic acids is 2. The van der Waals surface area contributed by atoms with E-state index in [9.17, 15) is 9.59 Å². The Morgan fingerprint density at radius 2 is 1.72 bits per heavy atom. The summed E-state index contributed by atoms with van der Waals surface area (Å²) >= 11 is 9.19. The van der Waals surface area contributed by atoms with Gasteiger partial charge in [-0.2, -0.15) is 5.10 Å². The topological polar surface area (TPSA) is 83.5 Å². The second-order valence-electron chi connectivity index (χ2n) is 8.69. The van der Waals surface area contributed by atoms with Crippen LogP contribution < -0.4 is 10.2 Å². The molecule has 5 rings (SSSR count). The number of amides is 1. The van der Waals surface area contributed by atoms with Gasteiger partial charge in [0.1, 0.15) is 5.69 Å². The zero-order valence-corrected chi connectivity index (χ0v) is 25.8. The van der Waals surface area contributed by atoms with Gasteiger partial charge in [0.25, 0.3) is 5.91 Å². The van der Waals surface area contributed by atoms with Crippen LogP contribution in [0.4, 0.5) is 0 Å². The average molecular weight is 757 g/mol. The van der Waals surface area contributed by atoms with Gasteiger partial charge in [0, 0.05) is 30.1 Å². The molecule has 4 aromatic carbocycles. The third kappa shape index (κ3) is 6.15. The molecular formula is C30H20Br2IN3O3. The number of rotatable bonds is 6. The van der Waals surface area contributed by atoms with E-state index in [-0.39, 0.29) is 5.75 Å². The smallest absolute Gasteiger partial charge is 0.343 e. The molecule has 2 N–H and O–H groups in total. The summed E-state index contributed by atoms with van der Waals surface area (Å²) in [5.41, 5.74) is 7.54. The molecule has 1 heterocycles. The number of nitrogens with zero attached hydrogens (tertiary/aromatic N) is 1. The van der Waals surface area contributed by atoms with Crippen LogP contribution in [0.2, 0.25) is 0 Å². The maximum absolute atomic E-state index is 13.3. The van der Waals surface area contributed by atoms with Crippen LogP contribution in [-0.2, 0) is 0 Å². The molecule has 0 bridgehead atoms. The summed E-state index contributed by atoms with van der Waals surface area (Å²) in [4.78, 5) is 29.4. The third-order valence-electron chi connectivity index (χ3n) is 5.94. The van der Waals surface area contributed by atoms with Crippen molar-refractivity contribution in [2.24, 2.45) is 5.10 Å². The summed E-state index contributed by atoms with van der Waals surface area (Å²) in [7, 11) is 0. The number of hydrogen-bond donors (Lipinski definition) is 2. The lowest BCUT2D eigenvalue weighted by Crippen LogP contribution is -2.19. The zero-order chi connectivity index (χ0) is 27.5. The summed E-state index contributed by atoms with van der Waals surface area (Å²) in [5, 5.41) is 5.14. The predicted octanol–water partition coefficient (Wildman–Crippen LogP) is 8.26. The maximum Gasteiger partial charge on any atom is 0.343 e. The minimum absolute atomic E-state index is 0.284. The van der Waals surface area contributed by atoms with Gasteiger partial charge in [-0.1, -0.05) is 64.0 Å². The second-order valence-corrected chi connectivity index (χ2v) is 11.7. The molecule has 1 amide bonds. The van der Waals surface area contributed by atoms with Crippen LogP contribution in [-0.4, -0.2) is 23.1 Å². The molecule has 0 spiro atoms. The highest BCUT2D eigenvalue weighted by molar-refractivity contribution is 14.1. The van der Waals surface area contributed by atoms with Crippen molar-refractivity contribution < 1.29 is 14.3 Å². The Kier molecular flexibility index (Phi) is 8.29. The van der Waals surface area contributed by atoms with Gasteiger partial charge in [-0.15, -0.1) is 0 Å². The molecule has 0 atom stereocenters. The number of aryl methyl sites for hydroxylation is 1. The van der Waals surface area contributed by atoms with Crippen molar-refractivity contribution in [1.82, 2.24) is 10.4 Å². The second kappa shape index (κ2) is 11.8. The minimum atomic E-state index is -0.503. The Hall–Kier alpha value is -3.28. The molecule has 5 aromatic rings. The Morgan fingerprint density at radius 3 is 2.46 bits per heavy atom. The van der Waals surface area contributed by atoms with Crippen LogP contribution >= 0.6 is 54.5 Å². The SMILES string of the molecule is Cc1ccc(C(=O)Oc2c(Br)cc(Br)cc2C=NNC(=O)c2[nH]c3ccc(I)cc3c2-c2ccccc2)cc1. The fraction of sp³-hybridized carbons (Fsp3) is 0.0333. The van der Waals surface area contributed by atoms with E-state index in [1.54, 1.807) is 24.3 Å². The van der Waals surface area contributed by atoms with E-state index in [0.717, 1.165) is 35.6 Å². The van der Waals surface area contributed by atoms with Gasteiger partial charge >= 0.3 is 5.97 Å². The highest BCUT2D eigenvalue weighted by Gasteiger charge is 2.20. The molecule has 9 heteroatoms. The lowest BCUT2D eigenvalue weighted by molar-refractivity contribution is 0.0733. The summed E-state index contributed by atoms with van der Waals surface area (Å²) in [6.07, 6.45) is 1.44. The zero-order valence-electron chi connectivity index (χ0n) is 20.5. The van der Waals surface area contributed by atoms with Gasteiger partial charge in [-0.05, 0) is 93.5 Å². The van der Waals surface area contributed by atoms with E-state index < -0.39 is 11.9 Å². The number of halogens is 3. The first kappa shape index (κ1) is 27.3. The van der Waals surface area contributed by atoms with Crippen LogP contribution in [0.3, 0.4) is 0 Å². The molecular weight excluding hydrogens is 737 g/mol. The lowest BCUT2D eigenvalue weighted by atomic mass is 10.0. The quantitative estimate of drug-likeness (QED) is 0.0602. The standard InChI is InChI=1S/C30H20Br2IN3O3/c1-17-7-9-19(10-8-17)30(38)39-28-20(13-21(31)14-24(28)32)16-34-36-29(37)27-26(18-5-3-2-4-6-18)23-15-22(33)11-12-25(23)35-27/h2-16,35H,1H3,(H,36,37). The number of aromatic amines is 1. The van der Waals surface area contributed by atoms with Crippen molar-refractivity contribution in [3.05, 3.63) is 120 Å². The first-order chi connectivity index (χ1) is 18.8. The van der Waals surface area contributed by atoms with Gasteiger partial charge in [-0.3, -0.25) is 4.79 Å². The number of ether oxygens (including phenoxy) is 1. The number of aromatic nitrogens is 1. The highest BCUT2D eigenvalue weighted by atomic mass is 127. The molecule has 0 unspecified atom stereocenters. The molecule has 0 aliphatic carbocycles. The number of fused-ring (bicyclic) bond motifs is 1. The fourth-order valence-corrected chi connectivity index (χ4v) is 5.91. The summed E-state index contributed by atoms with van der Waals surface area (Å²) < 4.78 is 8.08. The van der Waals surface area contributed by atoms with Crippen molar-refractivity contribution in [2.75, 3.05) is 0 Å². The number of esters is 1. The molecule has 39 heavy (non-hydrogen) atoms.